The number of nitrogens with one attached hydrogen (secondary N) is 1. The molecule has 0 radical (unpaired) electrons. The fraction of sp³-hybridized carbons (Fsp3) is 0.438. The molecule has 130 valence electrons. The zero-order chi connectivity index (χ0) is 18.3. The molecule has 1 rings (SSSR count). The van der Waals surface area contributed by atoms with Gasteiger partial charge in [-0.15, -0.1) is 0 Å². The van der Waals surface area contributed by atoms with Crippen molar-refractivity contribution in [2.45, 2.75) is 27.7 Å². The van der Waals surface area contributed by atoms with Gasteiger partial charge in [-0.25, -0.2) is 5.43 Å². The molecule has 0 aliphatic heterocycles. The van der Waals surface area contributed by atoms with Crippen molar-refractivity contribution in [2.75, 3.05) is 6.61 Å². The van der Waals surface area contributed by atoms with Crippen LogP contribution >= 0.6 is 0 Å². The predicted octanol–water partition coefficient (Wildman–Crippen LogP) is 2.54. The van der Waals surface area contributed by atoms with Crippen LogP contribution in [-0.2, 0) is 9.53 Å². The lowest BCUT2D eigenvalue weighted by Gasteiger charge is -2.18. The van der Waals surface area contributed by atoms with Crippen LogP contribution in [0.4, 0.5) is 5.69 Å². The molecule has 0 aromatic heterocycles. The maximum Gasteiger partial charge on any atom is 0.314 e. The van der Waals surface area contributed by atoms with Crippen LogP contribution in [0.2, 0.25) is 0 Å². The van der Waals surface area contributed by atoms with E-state index in [1.54, 1.807) is 13.8 Å². The minimum Gasteiger partial charge on any atom is -0.465 e. The minimum atomic E-state index is -0.554. The summed E-state index contributed by atoms with van der Waals surface area (Å²) in [6.07, 6.45) is 0. The number of non-ortho nitro benzene ring substituents is 1. The van der Waals surface area contributed by atoms with Gasteiger partial charge >= 0.3 is 5.97 Å². The van der Waals surface area contributed by atoms with Crippen molar-refractivity contribution >= 4 is 23.3 Å². The van der Waals surface area contributed by atoms with E-state index in [0.29, 0.717) is 5.71 Å². The molecule has 8 heteroatoms. The number of ether oxygens (including phenoxy) is 1. The third-order valence-corrected chi connectivity index (χ3v) is 3.33. The first-order chi connectivity index (χ1) is 11.3. The summed E-state index contributed by atoms with van der Waals surface area (Å²) in [6.45, 7) is 7.35. The Kier molecular flexibility index (Phi) is 7.03. The van der Waals surface area contributed by atoms with Crippen LogP contribution in [0.25, 0.3) is 0 Å². The Morgan fingerprint density at radius 2 is 1.88 bits per heavy atom. The molecule has 24 heavy (non-hydrogen) atoms. The summed E-state index contributed by atoms with van der Waals surface area (Å²) in [7, 11) is 0. The fourth-order valence-corrected chi connectivity index (χ4v) is 2.16. The van der Waals surface area contributed by atoms with E-state index in [0.717, 1.165) is 0 Å². The number of hydrogen-bond acceptors (Lipinski definition) is 6. The molecule has 0 bridgehead atoms. The molecule has 0 saturated heterocycles. The Hall–Kier alpha value is -2.77. The molecule has 1 atom stereocenters. The van der Waals surface area contributed by atoms with Crippen LogP contribution in [0.15, 0.2) is 29.4 Å². The second-order valence-corrected chi connectivity index (χ2v) is 5.47. The zero-order valence-electron chi connectivity index (χ0n) is 14.1. The number of benzene rings is 1. The molecule has 1 N–H and O–H groups in total. The first-order valence-electron chi connectivity index (χ1n) is 7.53. The summed E-state index contributed by atoms with van der Waals surface area (Å²) in [5.41, 5.74) is 2.91. The van der Waals surface area contributed by atoms with Crippen LogP contribution in [0.3, 0.4) is 0 Å². The van der Waals surface area contributed by atoms with Gasteiger partial charge in [-0.2, -0.15) is 5.10 Å². The molecule has 0 unspecified atom stereocenters. The van der Waals surface area contributed by atoms with Crippen LogP contribution in [0.1, 0.15) is 38.1 Å². The van der Waals surface area contributed by atoms with E-state index >= 15 is 0 Å². The smallest absolute Gasteiger partial charge is 0.314 e. The SMILES string of the molecule is CCOC(=O)[C@H](/C(C)=N\NC(=O)c1ccc([N+](=O)[O-])cc1)C(C)C. The van der Waals surface area contributed by atoms with Crippen molar-refractivity contribution in [1.29, 1.82) is 0 Å². The molecule has 0 heterocycles. The van der Waals surface area contributed by atoms with Crippen molar-refractivity contribution in [3.63, 3.8) is 0 Å². The molecule has 8 nitrogen and oxygen atoms in total. The molecule has 0 spiro atoms. The van der Waals surface area contributed by atoms with Crippen LogP contribution in [0, 0.1) is 22.0 Å². The predicted molar refractivity (Wildman–Crippen MR) is 88.6 cm³/mol. The molecule has 0 fully saturated rings. The van der Waals surface area contributed by atoms with Crippen molar-refractivity contribution in [3.8, 4) is 0 Å². The van der Waals surface area contributed by atoms with Crippen molar-refractivity contribution in [1.82, 2.24) is 5.43 Å². The number of nitro groups is 1. The van der Waals surface area contributed by atoms with E-state index in [1.165, 1.54) is 24.3 Å². The van der Waals surface area contributed by atoms with E-state index in [4.69, 9.17) is 4.74 Å². The normalized spacial score (nSPS) is 12.6. The summed E-state index contributed by atoms with van der Waals surface area (Å²) in [6, 6.07) is 5.15. The van der Waals surface area contributed by atoms with Gasteiger partial charge in [0.1, 0.15) is 0 Å². The van der Waals surface area contributed by atoms with Gasteiger partial charge in [0.15, 0.2) is 0 Å². The Morgan fingerprint density at radius 1 is 1.29 bits per heavy atom. The highest BCUT2D eigenvalue weighted by Gasteiger charge is 2.26. The summed E-state index contributed by atoms with van der Waals surface area (Å²) in [5, 5.41) is 14.6. The van der Waals surface area contributed by atoms with Gasteiger partial charge in [0, 0.05) is 23.4 Å². The summed E-state index contributed by atoms with van der Waals surface area (Å²) in [5.74, 6) is -1.50. The lowest BCUT2D eigenvalue weighted by molar-refractivity contribution is -0.384. The molecule has 0 aliphatic rings. The Bertz CT molecular complexity index is 638. The largest absolute Gasteiger partial charge is 0.465 e. The van der Waals surface area contributed by atoms with E-state index in [-0.39, 0.29) is 23.8 Å². The molecular weight excluding hydrogens is 314 g/mol. The highest BCUT2D eigenvalue weighted by atomic mass is 16.6. The lowest BCUT2D eigenvalue weighted by atomic mass is 9.92. The maximum absolute atomic E-state index is 12.0. The molecule has 0 saturated carbocycles. The molecule has 1 amide bonds. The Labute approximate surface area is 140 Å². The number of carbonyl (C=O) groups excluding carboxylic acids is 2. The second-order valence-electron chi connectivity index (χ2n) is 5.47. The second kappa shape index (κ2) is 8.76. The monoisotopic (exact) mass is 335 g/mol. The lowest BCUT2D eigenvalue weighted by Crippen LogP contribution is -2.31. The number of hydrazone groups is 1. The van der Waals surface area contributed by atoms with E-state index < -0.39 is 22.7 Å². The standard InChI is InChI=1S/C16H21N3O5/c1-5-24-16(21)14(10(2)3)11(4)17-18-15(20)12-6-8-13(9-7-12)19(22)23/h6-10,14H,5H2,1-4H3,(H,18,20)/b17-11-/t14-/m0/s1. The van der Waals surface area contributed by atoms with Crippen molar-refractivity contribution < 1.29 is 19.2 Å². The van der Waals surface area contributed by atoms with Gasteiger partial charge < -0.3 is 4.74 Å². The average molecular weight is 335 g/mol. The van der Waals surface area contributed by atoms with E-state index in [1.807, 2.05) is 13.8 Å². The molecule has 1 aromatic rings. The fourth-order valence-electron chi connectivity index (χ4n) is 2.16. The van der Waals surface area contributed by atoms with Crippen molar-refractivity contribution in [2.24, 2.45) is 16.9 Å². The first kappa shape index (κ1) is 19.3. The van der Waals surface area contributed by atoms with E-state index in [9.17, 15) is 19.7 Å². The van der Waals surface area contributed by atoms with Crippen LogP contribution in [-0.4, -0.2) is 29.1 Å². The molecular formula is C16H21N3O5. The van der Waals surface area contributed by atoms with Crippen LogP contribution < -0.4 is 5.43 Å². The maximum atomic E-state index is 12.0. The quantitative estimate of drug-likeness (QED) is 0.356. The summed E-state index contributed by atoms with van der Waals surface area (Å²) >= 11 is 0. The molecule has 0 aliphatic carbocycles. The van der Waals surface area contributed by atoms with Gasteiger partial charge in [0.25, 0.3) is 11.6 Å². The Morgan fingerprint density at radius 3 is 2.33 bits per heavy atom. The number of carbonyl (C=O) groups is 2. The number of nitro benzene ring substituents is 1. The third-order valence-electron chi connectivity index (χ3n) is 3.33. The topological polar surface area (TPSA) is 111 Å². The third kappa shape index (κ3) is 5.15. The van der Waals surface area contributed by atoms with Gasteiger partial charge in [-0.3, -0.25) is 19.7 Å². The van der Waals surface area contributed by atoms with Gasteiger partial charge in [-0.05, 0) is 31.9 Å². The average Bonchev–Trinajstić information content (AvgIpc) is 2.52. The van der Waals surface area contributed by atoms with Gasteiger partial charge in [-0.1, -0.05) is 13.8 Å². The number of nitrogens with zero attached hydrogens (tertiary/aromatic N) is 2. The number of amides is 1. The number of rotatable bonds is 7. The summed E-state index contributed by atoms with van der Waals surface area (Å²) < 4.78 is 5.02. The number of hydrogen-bond donors (Lipinski definition) is 1. The summed E-state index contributed by atoms with van der Waals surface area (Å²) in [4.78, 5) is 34.0. The Balaban J connectivity index is 2.83. The minimum absolute atomic E-state index is 0.0379. The highest BCUT2D eigenvalue weighted by molar-refractivity contribution is 6.02. The van der Waals surface area contributed by atoms with E-state index in [2.05, 4.69) is 10.5 Å². The highest BCUT2D eigenvalue weighted by Crippen LogP contribution is 2.15. The van der Waals surface area contributed by atoms with Crippen LogP contribution in [0.5, 0.6) is 0 Å². The van der Waals surface area contributed by atoms with Gasteiger partial charge in [0.2, 0.25) is 0 Å². The number of esters is 1. The first-order valence-corrected chi connectivity index (χ1v) is 7.53. The zero-order valence-corrected chi connectivity index (χ0v) is 14.1. The van der Waals surface area contributed by atoms with Gasteiger partial charge in [0.05, 0.1) is 17.4 Å². The van der Waals surface area contributed by atoms with Crippen molar-refractivity contribution in [3.05, 3.63) is 39.9 Å². The molecule has 1 aromatic carbocycles.